The van der Waals surface area contributed by atoms with Crippen LogP contribution in [0.3, 0.4) is 0 Å². The standard InChI is InChI=1S/C28H26Br2ClN3O3/c29-21-12-20-7-6-19-13-22(31)14-23(30)25(19)26(27(20)32-15-21)17-8-10-34(11-9-17)24(35)16-37-33-28(36)18-4-2-1-3-5-18/h1-5,12-15,17,26H,6-11,16H2,(H,33,36)/t26-/m1/s1. The summed E-state index contributed by atoms with van der Waals surface area (Å²) in [5.74, 6) is -0.0680. The second kappa shape index (κ2) is 11.6. The van der Waals surface area contributed by atoms with E-state index in [9.17, 15) is 9.59 Å². The van der Waals surface area contributed by atoms with Gasteiger partial charge in [-0.05, 0) is 94.6 Å². The molecule has 1 fully saturated rings. The third-order valence-electron chi connectivity index (χ3n) is 7.18. The Labute approximate surface area is 238 Å². The first-order chi connectivity index (χ1) is 17.9. The third-order valence-corrected chi connectivity index (χ3v) is 8.49. The zero-order valence-electron chi connectivity index (χ0n) is 20.1. The van der Waals surface area contributed by atoms with Crippen molar-refractivity contribution in [3.63, 3.8) is 0 Å². The van der Waals surface area contributed by atoms with Crippen molar-refractivity contribution in [3.05, 3.63) is 96.6 Å². The fraction of sp³-hybridized carbons (Fsp3) is 0.321. The van der Waals surface area contributed by atoms with Crippen molar-refractivity contribution >= 4 is 55.3 Å². The number of halogens is 3. The molecular formula is C28H26Br2ClN3O3. The summed E-state index contributed by atoms with van der Waals surface area (Å²) in [6.07, 6.45) is 5.37. The molecule has 2 amide bonds. The Kier molecular flexibility index (Phi) is 8.29. The van der Waals surface area contributed by atoms with E-state index in [0.717, 1.165) is 45.3 Å². The number of fused-ring (bicyclic) bond motifs is 2. The lowest BCUT2D eigenvalue weighted by Crippen LogP contribution is -2.43. The number of hydrogen-bond donors (Lipinski definition) is 1. The Bertz CT molecular complexity index is 1310. The van der Waals surface area contributed by atoms with E-state index in [4.69, 9.17) is 21.4 Å². The van der Waals surface area contributed by atoms with Crippen LogP contribution in [0.2, 0.25) is 5.02 Å². The number of likely N-dealkylation sites (tertiary alicyclic amines) is 1. The fourth-order valence-electron chi connectivity index (χ4n) is 5.42. The van der Waals surface area contributed by atoms with Crippen LogP contribution in [-0.2, 0) is 22.5 Å². The maximum atomic E-state index is 12.8. The number of hydrogen-bond acceptors (Lipinski definition) is 4. The number of rotatable bonds is 5. The molecule has 1 aromatic heterocycles. The summed E-state index contributed by atoms with van der Waals surface area (Å²) in [4.78, 5) is 36.9. The topological polar surface area (TPSA) is 71.5 Å². The van der Waals surface area contributed by atoms with Crippen molar-refractivity contribution in [3.8, 4) is 0 Å². The zero-order valence-corrected chi connectivity index (χ0v) is 24.0. The molecule has 1 saturated heterocycles. The molecule has 1 atom stereocenters. The SMILES string of the molecule is O=C(NOCC(=O)N1CCC([C@H]2c3ncc(Br)cc3CCc3cc(Cl)cc(Br)c32)CC1)c1ccccc1. The molecule has 1 aliphatic carbocycles. The molecule has 0 spiro atoms. The normalized spacial score (nSPS) is 17.5. The minimum absolute atomic E-state index is 0.117. The van der Waals surface area contributed by atoms with Crippen LogP contribution < -0.4 is 5.48 Å². The lowest BCUT2D eigenvalue weighted by Gasteiger charge is -2.37. The molecule has 0 radical (unpaired) electrons. The van der Waals surface area contributed by atoms with Gasteiger partial charge in [-0.25, -0.2) is 5.48 Å². The molecule has 2 heterocycles. The molecule has 1 N–H and O–H groups in total. The first-order valence-electron chi connectivity index (χ1n) is 12.3. The van der Waals surface area contributed by atoms with Crippen molar-refractivity contribution in [2.45, 2.75) is 31.6 Å². The van der Waals surface area contributed by atoms with E-state index < -0.39 is 0 Å². The molecule has 0 saturated carbocycles. The summed E-state index contributed by atoms with van der Waals surface area (Å²) < 4.78 is 1.99. The first-order valence-corrected chi connectivity index (χ1v) is 14.2. The predicted molar refractivity (Wildman–Crippen MR) is 150 cm³/mol. The lowest BCUT2D eigenvalue weighted by atomic mass is 9.76. The smallest absolute Gasteiger partial charge is 0.274 e. The molecule has 9 heteroatoms. The van der Waals surface area contributed by atoms with E-state index in [-0.39, 0.29) is 24.3 Å². The Morgan fingerprint density at radius 3 is 2.54 bits per heavy atom. The van der Waals surface area contributed by atoms with Gasteiger partial charge in [0.05, 0.1) is 5.69 Å². The van der Waals surface area contributed by atoms with Crippen LogP contribution in [0.1, 0.15) is 51.5 Å². The van der Waals surface area contributed by atoms with Crippen molar-refractivity contribution < 1.29 is 14.4 Å². The van der Waals surface area contributed by atoms with Gasteiger partial charge in [0.15, 0.2) is 6.61 Å². The fourth-order valence-corrected chi connectivity index (χ4v) is 6.91. The summed E-state index contributed by atoms with van der Waals surface area (Å²) in [5.41, 5.74) is 7.71. The molecule has 3 aromatic rings. The first kappa shape index (κ1) is 26.4. The van der Waals surface area contributed by atoms with E-state index in [1.54, 1.807) is 24.3 Å². The molecular weight excluding hydrogens is 622 g/mol. The number of nitrogens with zero attached hydrogens (tertiary/aromatic N) is 2. The van der Waals surface area contributed by atoms with Gasteiger partial charge in [0, 0.05) is 44.7 Å². The summed E-state index contributed by atoms with van der Waals surface area (Å²) >= 11 is 13.8. The quantitative estimate of drug-likeness (QED) is 0.341. The van der Waals surface area contributed by atoms with Gasteiger partial charge in [-0.2, -0.15) is 0 Å². The number of benzene rings is 2. The van der Waals surface area contributed by atoms with Crippen molar-refractivity contribution in [1.82, 2.24) is 15.4 Å². The molecule has 37 heavy (non-hydrogen) atoms. The number of amides is 2. The van der Waals surface area contributed by atoms with Crippen LogP contribution in [0.25, 0.3) is 0 Å². The van der Waals surface area contributed by atoms with Gasteiger partial charge in [0.1, 0.15) is 0 Å². The molecule has 1 aliphatic heterocycles. The number of carbonyl (C=O) groups excluding carboxylic acids is 2. The highest BCUT2D eigenvalue weighted by Crippen LogP contribution is 2.46. The Balaban J connectivity index is 1.27. The summed E-state index contributed by atoms with van der Waals surface area (Å²) in [7, 11) is 0. The van der Waals surface area contributed by atoms with Gasteiger partial charge in [-0.3, -0.25) is 19.4 Å². The number of nitrogens with one attached hydrogen (secondary N) is 1. The highest BCUT2D eigenvalue weighted by molar-refractivity contribution is 9.10. The average Bonchev–Trinajstić information content (AvgIpc) is 3.06. The number of hydroxylamine groups is 1. The number of pyridine rings is 1. The Morgan fingerprint density at radius 2 is 1.78 bits per heavy atom. The predicted octanol–water partition coefficient (Wildman–Crippen LogP) is 6.09. The van der Waals surface area contributed by atoms with Crippen LogP contribution in [0.5, 0.6) is 0 Å². The van der Waals surface area contributed by atoms with E-state index >= 15 is 0 Å². The molecule has 2 aromatic carbocycles. The minimum Gasteiger partial charge on any atom is -0.341 e. The molecule has 0 unspecified atom stereocenters. The van der Waals surface area contributed by atoms with Crippen LogP contribution >= 0.6 is 43.5 Å². The third kappa shape index (κ3) is 5.93. The average molecular weight is 648 g/mol. The number of carbonyl (C=O) groups is 2. The van der Waals surface area contributed by atoms with Crippen molar-refractivity contribution in [2.75, 3.05) is 19.7 Å². The molecule has 0 bridgehead atoms. The lowest BCUT2D eigenvalue weighted by molar-refractivity contribution is -0.139. The van der Waals surface area contributed by atoms with Crippen molar-refractivity contribution in [1.29, 1.82) is 0 Å². The summed E-state index contributed by atoms with van der Waals surface area (Å²) in [5, 5.41) is 0.726. The molecule has 192 valence electrons. The van der Waals surface area contributed by atoms with Crippen LogP contribution in [0, 0.1) is 5.92 Å². The van der Waals surface area contributed by atoms with Crippen LogP contribution in [0.4, 0.5) is 0 Å². The van der Waals surface area contributed by atoms with Gasteiger partial charge in [-0.15, -0.1) is 0 Å². The van der Waals surface area contributed by atoms with E-state index in [0.29, 0.717) is 24.6 Å². The van der Waals surface area contributed by atoms with Gasteiger partial charge >= 0.3 is 0 Å². The second-order valence-electron chi connectivity index (χ2n) is 9.44. The largest absolute Gasteiger partial charge is 0.341 e. The van der Waals surface area contributed by atoms with E-state index in [2.05, 4.69) is 49.5 Å². The highest BCUT2D eigenvalue weighted by Gasteiger charge is 2.36. The second-order valence-corrected chi connectivity index (χ2v) is 11.6. The Hall–Kier alpha value is -2.26. The number of aromatic nitrogens is 1. The maximum Gasteiger partial charge on any atom is 0.274 e. The highest BCUT2D eigenvalue weighted by atomic mass is 79.9. The van der Waals surface area contributed by atoms with Crippen LogP contribution in [0.15, 0.2) is 63.7 Å². The monoisotopic (exact) mass is 645 g/mol. The maximum absolute atomic E-state index is 12.8. The molecule has 2 aliphatic rings. The summed E-state index contributed by atoms with van der Waals surface area (Å²) in [6, 6.07) is 15.0. The molecule has 6 nitrogen and oxygen atoms in total. The summed E-state index contributed by atoms with van der Waals surface area (Å²) in [6.45, 7) is 1.06. The Morgan fingerprint density at radius 1 is 1.05 bits per heavy atom. The zero-order chi connectivity index (χ0) is 25.9. The van der Waals surface area contributed by atoms with Gasteiger partial charge in [0.25, 0.3) is 11.8 Å². The number of piperidine rings is 1. The van der Waals surface area contributed by atoms with Gasteiger partial charge < -0.3 is 4.90 Å². The molecule has 5 rings (SSSR count). The van der Waals surface area contributed by atoms with Crippen LogP contribution in [-0.4, -0.2) is 41.4 Å². The van der Waals surface area contributed by atoms with E-state index in [1.165, 1.54) is 16.7 Å². The minimum atomic E-state index is -0.373. The van der Waals surface area contributed by atoms with Gasteiger partial charge in [-0.1, -0.05) is 45.7 Å². The van der Waals surface area contributed by atoms with Gasteiger partial charge in [0.2, 0.25) is 0 Å². The van der Waals surface area contributed by atoms with E-state index in [1.807, 2.05) is 23.2 Å². The van der Waals surface area contributed by atoms with Crippen molar-refractivity contribution in [2.24, 2.45) is 5.92 Å². The number of aryl methyl sites for hydroxylation is 2.